The van der Waals surface area contributed by atoms with E-state index in [9.17, 15) is 4.79 Å². The maximum absolute atomic E-state index is 11.0. The van der Waals surface area contributed by atoms with Gasteiger partial charge in [-0.2, -0.15) is 11.8 Å². The van der Waals surface area contributed by atoms with E-state index in [2.05, 4.69) is 0 Å². The minimum Gasteiger partial charge on any atom is -0.341 e. The number of rotatable bonds is 4. The third-order valence-electron chi connectivity index (χ3n) is 1.58. The summed E-state index contributed by atoms with van der Waals surface area (Å²) in [7, 11) is 1.78. The number of thioether (sulfide) groups is 1. The Bertz CT molecular complexity index is 132. The van der Waals surface area contributed by atoms with Crippen LogP contribution in [0.2, 0.25) is 0 Å². The molecule has 0 saturated carbocycles. The summed E-state index contributed by atoms with van der Waals surface area (Å²) in [6.07, 6.45) is 2.02. The minimum absolute atomic E-state index is 0.00628. The van der Waals surface area contributed by atoms with E-state index in [0.717, 1.165) is 5.75 Å². The number of amides is 1. The van der Waals surface area contributed by atoms with E-state index in [4.69, 9.17) is 11.6 Å². The molecule has 0 spiro atoms. The summed E-state index contributed by atoms with van der Waals surface area (Å²) in [6, 6.07) is 0.274. The van der Waals surface area contributed by atoms with Gasteiger partial charge >= 0.3 is 0 Å². The molecule has 0 aliphatic heterocycles. The Kier molecular flexibility index (Phi) is 5.78. The Labute approximate surface area is 77.3 Å². The normalized spacial score (nSPS) is 12.7. The number of carbonyl (C=O) groups is 1. The molecule has 2 nitrogen and oxygen atoms in total. The van der Waals surface area contributed by atoms with Crippen LogP contribution in [0.4, 0.5) is 0 Å². The summed E-state index contributed by atoms with van der Waals surface area (Å²) in [6.45, 7) is 2.01. The first kappa shape index (κ1) is 11.1. The maximum Gasteiger partial charge on any atom is 0.237 e. The minimum atomic E-state index is -0.00628. The first-order valence-corrected chi connectivity index (χ1v) is 5.36. The van der Waals surface area contributed by atoms with Gasteiger partial charge in [-0.3, -0.25) is 4.79 Å². The fourth-order valence-electron chi connectivity index (χ4n) is 0.693. The van der Waals surface area contributed by atoms with Crippen LogP contribution in [0.5, 0.6) is 0 Å². The molecule has 0 aliphatic rings. The highest BCUT2D eigenvalue weighted by Crippen LogP contribution is 2.04. The molecule has 0 aromatic carbocycles. The molecule has 0 bridgehead atoms. The van der Waals surface area contributed by atoms with Crippen molar-refractivity contribution in [3.05, 3.63) is 0 Å². The van der Waals surface area contributed by atoms with E-state index in [0.29, 0.717) is 0 Å². The van der Waals surface area contributed by atoms with Gasteiger partial charge in [0.2, 0.25) is 5.91 Å². The average Bonchev–Trinajstić information content (AvgIpc) is 2.02. The number of hydrogen-bond donors (Lipinski definition) is 0. The van der Waals surface area contributed by atoms with Crippen molar-refractivity contribution in [3.63, 3.8) is 0 Å². The third-order valence-corrected chi connectivity index (χ3v) is 2.62. The smallest absolute Gasteiger partial charge is 0.237 e. The van der Waals surface area contributed by atoms with Crippen LogP contribution in [0.3, 0.4) is 0 Å². The van der Waals surface area contributed by atoms with Gasteiger partial charge in [-0.05, 0) is 13.2 Å². The summed E-state index contributed by atoms with van der Waals surface area (Å²) in [5.74, 6) is 1.03. The molecule has 1 unspecified atom stereocenters. The number of nitrogens with zero attached hydrogens (tertiary/aromatic N) is 1. The van der Waals surface area contributed by atoms with Crippen molar-refractivity contribution in [3.8, 4) is 0 Å². The molecule has 0 aromatic heterocycles. The first-order chi connectivity index (χ1) is 5.13. The summed E-state index contributed by atoms with van der Waals surface area (Å²) in [4.78, 5) is 12.7. The second kappa shape index (κ2) is 5.72. The summed E-state index contributed by atoms with van der Waals surface area (Å²) in [5.41, 5.74) is 0. The fourth-order valence-corrected chi connectivity index (χ4v) is 1.59. The molecular weight excluding hydrogens is 182 g/mol. The zero-order chi connectivity index (χ0) is 8.85. The molecule has 4 heteroatoms. The Hall–Kier alpha value is 0.110. The molecule has 1 atom stereocenters. The Balaban J connectivity index is 3.80. The van der Waals surface area contributed by atoms with Gasteiger partial charge in [-0.15, -0.1) is 11.6 Å². The van der Waals surface area contributed by atoms with Crippen molar-refractivity contribution in [2.24, 2.45) is 0 Å². The van der Waals surface area contributed by atoms with Crippen molar-refractivity contribution in [1.29, 1.82) is 0 Å². The van der Waals surface area contributed by atoms with Crippen molar-refractivity contribution in [2.45, 2.75) is 13.0 Å². The standard InChI is InChI=1S/C7H14ClNOS/c1-6(5-11-3)9(2)7(10)4-8/h6H,4-5H2,1-3H3. The van der Waals surface area contributed by atoms with Crippen molar-refractivity contribution in [2.75, 3.05) is 24.9 Å². The molecule has 0 aliphatic carbocycles. The topological polar surface area (TPSA) is 20.3 Å². The van der Waals surface area contributed by atoms with Crippen LogP contribution in [-0.4, -0.2) is 41.8 Å². The molecule has 0 radical (unpaired) electrons. The van der Waals surface area contributed by atoms with Crippen LogP contribution in [0, 0.1) is 0 Å². The summed E-state index contributed by atoms with van der Waals surface area (Å²) >= 11 is 7.12. The Morgan fingerprint density at radius 3 is 2.64 bits per heavy atom. The monoisotopic (exact) mass is 195 g/mol. The number of halogens is 1. The van der Waals surface area contributed by atoms with Crippen LogP contribution in [0.15, 0.2) is 0 Å². The lowest BCUT2D eigenvalue weighted by Crippen LogP contribution is -2.37. The van der Waals surface area contributed by atoms with Crippen LogP contribution < -0.4 is 0 Å². The van der Waals surface area contributed by atoms with Gasteiger partial charge in [0.15, 0.2) is 0 Å². The highest BCUT2D eigenvalue weighted by Gasteiger charge is 2.13. The van der Waals surface area contributed by atoms with Gasteiger partial charge in [0.25, 0.3) is 0 Å². The van der Waals surface area contributed by atoms with Crippen molar-refractivity contribution in [1.82, 2.24) is 4.90 Å². The van der Waals surface area contributed by atoms with Gasteiger partial charge < -0.3 is 4.90 Å². The molecule has 0 fully saturated rings. The average molecular weight is 196 g/mol. The second-order valence-corrected chi connectivity index (χ2v) is 3.62. The molecular formula is C7H14ClNOS. The molecule has 1 amide bonds. The summed E-state index contributed by atoms with van der Waals surface area (Å²) in [5, 5.41) is 0. The first-order valence-electron chi connectivity index (χ1n) is 3.44. The van der Waals surface area contributed by atoms with E-state index in [1.165, 1.54) is 0 Å². The van der Waals surface area contributed by atoms with Gasteiger partial charge in [0.05, 0.1) is 0 Å². The van der Waals surface area contributed by atoms with E-state index in [1.54, 1.807) is 23.7 Å². The maximum atomic E-state index is 11.0. The molecule has 0 N–H and O–H groups in total. The van der Waals surface area contributed by atoms with Gasteiger partial charge in [-0.1, -0.05) is 0 Å². The Morgan fingerprint density at radius 1 is 1.73 bits per heavy atom. The van der Waals surface area contributed by atoms with E-state index < -0.39 is 0 Å². The van der Waals surface area contributed by atoms with Crippen LogP contribution in [-0.2, 0) is 4.79 Å². The zero-order valence-electron chi connectivity index (χ0n) is 7.13. The quantitative estimate of drug-likeness (QED) is 0.633. The predicted molar refractivity (Wildman–Crippen MR) is 51.3 cm³/mol. The van der Waals surface area contributed by atoms with Crippen LogP contribution >= 0.6 is 23.4 Å². The lowest BCUT2D eigenvalue weighted by Gasteiger charge is -2.23. The second-order valence-electron chi connectivity index (χ2n) is 2.44. The molecule has 0 aromatic rings. The highest BCUT2D eigenvalue weighted by atomic mass is 35.5. The van der Waals surface area contributed by atoms with Gasteiger partial charge in [-0.25, -0.2) is 0 Å². The zero-order valence-corrected chi connectivity index (χ0v) is 8.71. The number of hydrogen-bond acceptors (Lipinski definition) is 2. The van der Waals surface area contributed by atoms with Crippen LogP contribution in [0.1, 0.15) is 6.92 Å². The van der Waals surface area contributed by atoms with E-state index >= 15 is 0 Å². The number of alkyl halides is 1. The van der Waals surface area contributed by atoms with E-state index in [-0.39, 0.29) is 17.8 Å². The number of carbonyl (C=O) groups excluding carboxylic acids is 1. The highest BCUT2D eigenvalue weighted by molar-refractivity contribution is 7.98. The molecule has 0 heterocycles. The molecule has 0 saturated heterocycles. The van der Waals surface area contributed by atoms with Crippen molar-refractivity contribution < 1.29 is 4.79 Å². The predicted octanol–water partition coefficient (Wildman–Crippen LogP) is 1.44. The van der Waals surface area contributed by atoms with Gasteiger partial charge in [0.1, 0.15) is 5.88 Å². The largest absolute Gasteiger partial charge is 0.341 e. The molecule has 66 valence electrons. The molecule has 11 heavy (non-hydrogen) atoms. The third kappa shape index (κ3) is 3.87. The SMILES string of the molecule is CSCC(C)N(C)C(=O)CCl. The van der Waals surface area contributed by atoms with Crippen molar-refractivity contribution >= 4 is 29.3 Å². The lowest BCUT2D eigenvalue weighted by atomic mass is 10.3. The fraction of sp³-hybridized carbons (Fsp3) is 0.857. The summed E-state index contributed by atoms with van der Waals surface area (Å²) < 4.78 is 0. The van der Waals surface area contributed by atoms with Crippen LogP contribution in [0.25, 0.3) is 0 Å². The molecule has 0 rings (SSSR count). The lowest BCUT2D eigenvalue weighted by molar-refractivity contribution is -0.128. The Morgan fingerprint density at radius 2 is 2.27 bits per heavy atom. The van der Waals surface area contributed by atoms with Gasteiger partial charge in [0, 0.05) is 18.8 Å². The van der Waals surface area contributed by atoms with E-state index in [1.807, 2.05) is 13.2 Å².